The maximum atomic E-state index is 11.7. The molecule has 0 aliphatic heterocycles. The Hall–Kier alpha value is -1.03. The van der Waals surface area contributed by atoms with Gasteiger partial charge in [0.05, 0.1) is 17.0 Å². The monoisotopic (exact) mass is 312 g/mol. The molecule has 2 rings (SSSR count). The predicted octanol–water partition coefficient (Wildman–Crippen LogP) is 3.66. The average molecular weight is 313 g/mol. The number of carboxylic acid groups (broad SMARTS) is 1. The number of aryl methyl sites for hydroxylation is 1. The summed E-state index contributed by atoms with van der Waals surface area (Å²) < 4.78 is 6.12. The van der Waals surface area contributed by atoms with Crippen LogP contribution < -0.4 is 4.74 Å². The first-order chi connectivity index (χ1) is 8.51. The van der Waals surface area contributed by atoms with Crippen molar-refractivity contribution in [3.8, 4) is 5.75 Å². The van der Waals surface area contributed by atoms with Crippen LogP contribution in [0.25, 0.3) is 0 Å². The lowest BCUT2D eigenvalue weighted by molar-refractivity contribution is -0.143. The van der Waals surface area contributed by atoms with E-state index in [-0.39, 0.29) is 0 Å². The minimum Gasteiger partial charge on any atom is -0.495 e. The quantitative estimate of drug-likeness (QED) is 0.926. The van der Waals surface area contributed by atoms with Gasteiger partial charge in [-0.25, -0.2) is 0 Å². The standard InChI is InChI=1S/C14H17BrO3/c1-9-7-10(8-11(15)12(9)18-2)14(13(16)17)5-3-4-6-14/h7-8H,3-6H2,1-2H3,(H,16,17). The Balaban J connectivity index is 2.53. The molecule has 0 amide bonds. The van der Waals surface area contributed by atoms with E-state index in [9.17, 15) is 9.90 Å². The maximum absolute atomic E-state index is 11.7. The van der Waals surface area contributed by atoms with Gasteiger partial charge in [0.25, 0.3) is 0 Å². The van der Waals surface area contributed by atoms with Gasteiger partial charge in [0.15, 0.2) is 0 Å². The van der Waals surface area contributed by atoms with Crippen LogP contribution >= 0.6 is 15.9 Å². The number of rotatable bonds is 3. The molecule has 1 N–H and O–H groups in total. The second-order valence-electron chi connectivity index (χ2n) is 4.90. The van der Waals surface area contributed by atoms with Gasteiger partial charge in [0.1, 0.15) is 5.75 Å². The summed E-state index contributed by atoms with van der Waals surface area (Å²) in [5.74, 6) is 0.0637. The van der Waals surface area contributed by atoms with Crippen LogP contribution in [0.3, 0.4) is 0 Å². The molecule has 1 aromatic carbocycles. The van der Waals surface area contributed by atoms with Gasteiger partial charge < -0.3 is 9.84 Å². The second-order valence-corrected chi connectivity index (χ2v) is 5.76. The van der Waals surface area contributed by atoms with Crippen LogP contribution in [0.15, 0.2) is 16.6 Å². The fraction of sp³-hybridized carbons (Fsp3) is 0.500. The molecule has 0 bridgehead atoms. The number of ether oxygens (including phenoxy) is 1. The first-order valence-corrected chi connectivity index (χ1v) is 6.88. The smallest absolute Gasteiger partial charge is 0.314 e. The third kappa shape index (κ3) is 2.03. The minimum atomic E-state index is -0.712. The molecule has 1 aliphatic carbocycles. The first kappa shape index (κ1) is 13.4. The molecule has 0 heterocycles. The Morgan fingerprint density at radius 1 is 1.39 bits per heavy atom. The zero-order valence-electron chi connectivity index (χ0n) is 10.6. The Morgan fingerprint density at radius 3 is 2.44 bits per heavy atom. The molecule has 4 heteroatoms. The van der Waals surface area contributed by atoms with Gasteiger partial charge >= 0.3 is 5.97 Å². The van der Waals surface area contributed by atoms with Crippen LogP contribution in [0.4, 0.5) is 0 Å². The van der Waals surface area contributed by atoms with Crippen molar-refractivity contribution in [1.82, 2.24) is 0 Å². The van der Waals surface area contributed by atoms with Crippen LogP contribution in [-0.4, -0.2) is 18.2 Å². The van der Waals surface area contributed by atoms with Crippen molar-refractivity contribution < 1.29 is 14.6 Å². The van der Waals surface area contributed by atoms with E-state index >= 15 is 0 Å². The summed E-state index contributed by atoms with van der Waals surface area (Å²) >= 11 is 3.46. The normalized spacial score (nSPS) is 17.7. The molecule has 1 aliphatic rings. The zero-order valence-corrected chi connectivity index (χ0v) is 12.2. The summed E-state index contributed by atoms with van der Waals surface area (Å²) in [5, 5.41) is 9.58. The molecule has 1 aromatic rings. The Kier molecular flexibility index (Phi) is 3.66. The highest BCUT2D eigenvalue weighted by atomic mass is 79.9. The molecular formula is C14H17BrO3. The summed E-state index contributed by atoms with van der Waals surface area (Å²) in [6, 6.07) is 3.84. The highest BCUT2D eigenvalue weighted by Gasteiger charge is 2.43. The van der Waals surface area contributed by atoms with E-state index in [0.717, 1.165) is 47.0 Å². The van der Waals surface area contributed by atoms with Crippen molar-refractivity contribution in [3.05, 3.63) is 27.7 Å². The first-order valence-electron chi connectivity index (χ1n) is 6.09. The van der Waals surface area contributed by atoms with Crippen molar-refractivity contribution in [2.24, 2.45) is 0 Å². The van der Waals surface area contributed by atoms with E-state index in [0.29, 0.717) is 0 Å². The minimum absolute atomic E-state index is 0.709. The van der Waals surface area contributed by atoms with Crippen LogP contribution in [0.5, 0.6) is 5.75 Å². The van der Waals surface area contributed by atoms with Gasteiger partial charge in [-0.05, 0) is 52.9 Å². The number of hydrogen-bond donors (Lipinski definition) is 1. The van der Waals surface area contributed by atoms with E-state index in [1.165, 1.54) is 0 Å². The van der Waals surface area contributed by atoms with Crippen molar-refractivity contribution in [3.63, 3.8) is 0 Å². The molecular weight excluding hydrogens is 296 g/mol. The molecule has 1 saturated carbocycles. The zero-order chi connectivity index (χ0) is 13.3. The number of methoxy groups -OCH3 is 1. The van der Waals surface area contributed by atoms with E-state index in [2.05, 4.69) is 15.9 Å². The van der Waals surface area contributed by atoms with Crippen LogP contribution in [-0.2, 0) is 10.2 Å². The van der Waals surface area contributed by atoms with Crippen LogP contribution in [0.2, 0.25) is 0 Å². The Morgan fingerprint density at radius 2 is 2.00 bits per heavy atom. The highest BCUT2D eigenvalue weighted by Crippen LogP contribution is 2.44. The molecule has 0 unspecified atom stereocenters. The van der Waals surface area contributed by atoms with E-state index < -0.39 is 11.4 Å². The summed E-state index contributed by atoms with van der Waals surface area (Å²) in [7, 11) is 1.62. The number of halogens is 1. The van der Waals surface area contributed by atoms with Gasteiger partial charge in [-0.15, -0.1) is 0 Å². The van der Waals surface area contributed by atoms with Gasteiger partial charge in [0.2, 0.25) is 0 Å². The molecule has 0 radical (unpaired) electrons. The Labute approximate surface area is 115 Å². The average Bonchev–Trinajstić information content (AvgIpc) is 2.78. The number of carboxylic acids is 1. The van der Waals surface area contributed by atoms with Crippen LogP contribution in [0.1, 0.15) is 36.8 Å². The predicted molar refractivity (Wildman–Crippen MR) is 73.2 cm³/mol. The topological polar surface area (TPSA) is 46.5 Å². The van der Waals surface area contributed by atoms with Gasteiger partial charge in [-0.2, -0.15) is 0 Å². The molecule has 0 saturated heterocycles. The lowest BCUT2D eigenvalue weighted by Crippen LogP contribution is -2.32. The van der Waals surface area contributed by atoms with Crippen molar-refractivity contribution in [2.75, 3.05) is 7.11 Å². The molecule has 18 heavy (non-hydrogen) atoms. The van der Waals surface area contributed by atoms with E-state index in [1.54, 1.807) is 7.11 Å². The Bertz CT molecular complexity index is 453. The molecule has 98 valence electrons. The van der Waals surface area contributed by atoms with Gasteiger partial charge in [-0.3, -0.25) is 4.79 Å². The molecule has 0 atom stereocenters. The lowest BCUT2D eigenvalue weighted by atomic mass is 9.78. The number of benzene rings is 1. The molecule has 0 aromatic heterocycles. The number of aliphatic carboxylic acids is 1. The van der Waals surface area contributed by atoms with Crippen molar-refractivity contribution >= 4 is 21.9 Å². The van der Waals surface area contributed by atoms with E-state index in [4.69, 9.17) is 4.74 Å². The highest BCUT2D eigenvalue weighted by molar-refractivity contribution is 9.10. The summed E-state index contributed by atoms with van der Waals surface area (Å²) in [4.78, 5) is 11.7. The summed E-state index contributed by atoms with van der Waals surface area (Å²) in [6.07, 6.45) is 3.41. The third-order valence-electron chi connectivity index (χ3n) is 3.85. The number of carbonyl (C=O) groups is 1. The van der Waals surface area contributed by atoms with E-state index in [1.807, 2.05) is 19.1 Å². The maximum Gasteiger partial charge on any atom is 0.314 e. The SMILES string of the molecule is COc1c(C)cc(C2(C(=O)O)CCCC2)cc1Br. The summed E-state index contributed by atoms with van der Waals surface area (Å²) in [6.45, 7) is 1.94. The largest absolute Gasteiger partial charge is 0.495 e. The fourth-order valence-electron chi connectivity index (χ4n) is 2.87. The summed E-state index contributed by atoms with van der Waals surface area (Å²) in [5.41, 5.74) is 1.14. The van der Waals surface area contributed by atoms with Crippen molar-refractivity contribution in [2.45, 2.75) is 38.0 Å². The lowest BCUT2D eigenvalue weighted by Gasteiger charge is -2.25. The fourth-order valence-corrected chi connectivity index (χ4v) is 3.59. The second kappa shape index (κ2) is 4.92. The molecule has 0 spiro atoms. The van der Waals surface area contributed by atoms with Gasteiger partial charge in [-0.1, -0.05) is 18.9 Å². The van der Waals surface area contributed by atoms with Gasteiger partial charge in [0, 0.05) is 0 Å². The third-order valence-corrected chi connectivity index (χ3v) is 4.44. The van der Waals surface area contributed by atoms with Crippen molar-refractivity contribution in [1.29, 1.82) is 0 Å². The molecule has 3 nitrogen and oxygen atoms in total. The van der Waals surface area contributed by atoms with Crippen LogP contribution in [0, 0.1) is 6.92 Å². The number of hydrogen-bond acceptors (Lipinski definition) is 2. The molecule has 1 fully saturated rings.